The fourth-order valence-electron chi connectivity index (χ4n) is 0.574. The van der Waals surface area contributed by atoms with E-state index in [1.807, 2.05) is 25.2 Å². The molecule has 0 heterocycles. The second-order valence-corrected chi connectivity index (χ2v) is 2.84. The number of rotatable bonds is 4. The van der Waals surface area contributed by atoms with Gasteiger partial charge >= 0.3 is 0 Å². The van der Waals surface area contributed by atoms with Gasteiger partial charge in [-0.2, -0.15) is 0 Å². The van der Waals surface area contributed by atoms with Crippen LogP contribution >= 0.6 is 11.6 Å². The van der Waals surface area contributed by atoms with Gasteiger partial charge in [-0.15, -0.1) is 0 Å². The third-order valence-electron chi connectivity index (χ3n) is 1.43. The summed E-state index contributed by atoms with van der Waals surface area (Å²) >= 11 is 5.77. The molecule has 0 aliphatic heterocycles. The lowest BCUT2D eigenvalue weighted by Gasteiger charge is -1.91. The van der Waals surface area contributed by atoms with Gasteiger partial charge in [-0.1, -0.05) is 48.9 Å². The Kier molecular flexibility index (Phi) is 5.96. The highest BCUT2D eigenvalue weighted by molar-refractivity contribution is 6.29. The van der Waals surface area contributed by atoms with Crippen LogP contribution in [0.15, 0.2) is 35.4 Å². The molecular weight excluding hydrogens is 156 g/mol. The van der Waals surface area contributed by atoms with Gasteiger partial charge in [0.05, 0.1) is 0 Å². The maximum atomic E-state index is 5.77. The minimum Gasteiger partial charge on any atom is -0.0959 e. The largest absolute Gasteiger partial charge is 0.0959 e. The summed E-state index contributed by atoms with van der Waals surface area (Å²) in [5.74, 6) is 0. The molecular formula is C10H15Cl. The molecule has 0 fully saturated rings. The maximum Gasteiger partial charge on any atom is 0.0176 e. The molecule has 0 rings (SSSR count). The Morgan fingerprint density at radius 1 is 1.55 bits per heavy atom. The summed E-state index contributed by atoms with van der Waals surface area (Å²) in [5, 5.41) is 0.880. The van der Waals surface area contributed by atoms with Crippen LogP contribution in [-0.2, 0) is 0 Å². The molecule has 1 heteroatoms. The van der Waals surface area contributed by atoms with Crippen molar-refractivity contribution in [2.24, 2.45) is 0 Å². The Balaban J connectivity index is 3.69. The molecule has 0 aromatic carbocycles. The lowest BCUT2D eigenvalue weighted by Crippen LogP contribution is -1.70. The molecule has 0 atom stereocenters. The van der Waals surface area contributed by atoms with E-state index in [9.17, 15) is 0 Å². The lowest BCUT2D eigenvalue weighted by atomic mass is 10.2. The first kappa shape index (κ1) is 10.5. The van der Waals surface area contributed by atoms with E-state index in [1.54, 1.807) is 0 Å². The summed E-state index contributed by atoms with van der Waals surface area (Å²) in [6, 6.07) is 0. The zero-order valence-electron chi connectivity index (χ0n) is 7.23. The van der Waals surface area contributed by atoms with E-state index >= 15 is 0 Å². The normalized spacial score (nSPS) is 12.5. The molecule has 0 N–H and O–H groups in total. The molecule has 0 saturated carbocycles. The summed E-state index contributed by atoms with van der Waals surface area (Å²) in [7, 11) is 0. The third kappa shape index (κ3) is 5.93. The molecule has 0 aliphatic carbocycles. The van der Waals surface area contributed by atoms with Crippen molar-refractivity contribution < 1.29 is 0 Å². The van der Waals surface area contributed by atoms with E-state index in [0.29, 0.717) is 0 Å². The van der Waals surface area contributed by atoms with Crippen LogP contribution in [-0.4, -0.2) is 0 Å². The monoisotopic (exact) mass is 170 g/mol. The van der Waals surface area contributed by atoms with Crippen molar-refractivity contribution in [3.05, 3.63) is 35.4 Å². The fourth-order valence-corrected chi connectivity index (χ4v) is 0.663. The number of halogens is 1. The molecule has 0 saturated heterocycles. The minimum atomic E-state index is 0.817. The fraction of sp³-hybridized carbons (Fsp3) is 0.400. The van der Waals surface area contributed by atoms with Crippen molar-refractivity contribution in [2.75, 3.05) is 0 Å². The van der Waals surface area contributed by atoms with Crippen molar-refractivity contribution in [1.82, 2.24) is 0 Å². The molecule has 11 heavy (non-hydrogen) atoms. The van der Waals surface area contributed by atoms with Crippen LogP contribution in [0.5, 0.6) is 0 Å². The van der Waals surface area contributed by atoms with Gasteiger partial charge in [-0.3, -0.25) is 0 Å². The van der Waals surface area contributed by atoms with Crippen LogP contribution in [0.1, 0.15) is 26.7 Å². The van der Waals surface area contributed by atoms with Crippen molar-refractivity contribution in [1.29, 1.82) is 0 Å². The molecule has 0 nitrogen and oxygen atoms in total. The first-order valence-corrected chi connectivity index (χ1v) is 4.23. The quantitative estimate of drug-likeness (QED) is 0.559. The van der Waals surface area contributed by atoms with E-state index in [4.69, 9.17) is 11.6 Å². The van der Waals surface area contributed by atoms with Crippen LogP contribution < -0.4 is 0 Å². The van der Waals surface area contributed by atoms with Crippen molar-refractivity contribution >= 4 is 11.6 Å². The first-order valence-electron chi connectivity index (χ1n) is 3.85. The summed E-state index contributed by atoms with van der Waals surface area (Å²) in [6.45, 7) is 7.87. The summed E-state index contributed by atoms with van der Waals surface area (Å²) in [4.78, 5) is 0. The minimum absolute atomic E-state index is 0.817. The Morgan fingerprint density at radius 3 is 2.64 bits per heavy atom. The predicted octanol–water partition coefficient (Wildman–Crippen LogP) is 4.04. The number of allylic oxidation sites excluding steroid dienone is 5. The standard InChI is InChI=1S/C10H15Cl/c1-4-9(3)7-6-8-10(11)5-2/h5-7H,3-4,8H2,1-2H3/b7-6-,10-5+. The smallest absolute Gasteiger partial charge is 0.0176 e. The summed E-state index contributed by atoms with van der Waals surface area (Å²) < 4.78 is 0. The Labute approximate surface area is 74.3 Å². The van der Waals surface area contributed by atoms with Crippen LogP contribution in [0.25, 0.3) is 0 Å². The average molecular weight is 171 g/mol. The second-order valence-electron chi connectivity index (χ2n) is 2.35. The Hall–Kier alpha value is -0.490. The molecule has 0 aliphatic rings. The zero-order chi connectivity index (χ0) is 8.69. The lowest BCUT2D eigenvalue weighted by molar-refractivity contribution is 1.15. The average Bonchev–Trinajstić information content (AvgIpc) is 2.04. The van der Waals surface area contributed by atoms with Crippen LogP contribution in [0.3, 0.4) is 0 Å². The Bertz CT molecular complexity index is 175. The molecule has 0 radical (unpaired) electrons. The second kappa shape index (κ2) is 6.23. The molecule has 0 unspecified atom stereocenters. The molecule has 0 aromatic rings. The highest BCUT2D eigenvalue weighted by Gasteiger charge is 1.85. The van der Waals surface area contributed by atoms with Gasteiger partial charge in [0, 0.05) is 11.5 Å². The summed E-state index contributed by atoms with van der Waals surface area (Å²) in [5.41, 5.74) is 1.14. The third-order valence-corrected chi connectivity index (χ3v) is 1.81. The molecule has 0 bridgehead atoms. The van der Waals surface area contributed by atoms with Gasteiger partial charge in [0.2, 0.25) is 0 Å². The first-order chi connectivity index (χ1) is 5.20. The van der Waals surface area contributed by atoms with Crippen molar-refractivity contribution in [3.63, 3.8) is 0 Å². The van der Waals surface area contributed by atoms with Gasteiger partial charge in [0.15, 0.2) is 0 Å². The molecule has 62 valence electrons. The van der Waals surface area contributed by atoms with Gasteiger partial charge < -0.3 is 0 Å². The van der Waals surface area contributed by atoms with E-state index in [1.165, 1.54) is 0 Å². The highest BCUT2D eigenvalue weighted by atomic mass is 35.5. The number of hydrogen-bond donors (Lipinski definition) is 0. The van der Waals surface area contributed by atoms with Gasteiger partial charge in [-0.05, 0) is 13.3 Å². The van der Waals surface area contributed by atoms with Gasteiger partial charge in [-0.25, -0.2) is 0 Å². The Morgan fingerprint density at radius 2 is 2.18 bits per heavy atom. The SMILES string of the molecule is C=C(/C=C\C/C(Cl)=C\C)CC. The van der Waals surface area contributed by atoms with Crippen LogP contribution in [0.2, 0.25) is 0 Å². The topological polar surface area (TPSA) is 0 Å². The van der Waals surface area contributed by atoms with Gasteiger partial charge in [0.1, 0.15) is 0 Å². The van der Waals surface area contributed by atoms with E-state index in [0.717, 1.165) is 23.4 Å². The maximum absolute atomic E-state index is 5.77. The van der Waals surface area contributed by atoms with Crippen LogP contribution in [0, 0.1) is 0 Å². The van der Waals surface area contributed by atoms with E-state index < -0.39 is 0 Å². The van der Waals surface area contributed by atoms with Crippen LogP contribution in [0.4, 0.5) is 0 Å². The molecule has 0 aromatic heterocycles. The van der Waals surface area contributed by atoms with Gasteiger partial charge in [0.25, 0.3) is 0 Å². The van der Waals surface area contributed by atoms with E-state index in [2.05, 4.69) is 13.5 Å². The van der Waals surface area contributed by atoms with Crippen molar-refractivity contribution in [3.8, 4) is 0 Å². The molecule has 0 amide bonds. The highest BCUT2D eigenvalue weighted by Crippen LogP contribution is 2.08. The predicted molar refractivity (Wildman–Crippen MR) is 52.8 cm³/mol. The molecule has 0 spiro atoms. The summed E-state index contributed by atoms with van der Waals surface area (Å²) in [6.07, 6.45) is 7.78. The number of hydrogen-bond acceptors (Lipinski definition) is 0. The zero-order valence-corrected chi connectivity index (χ0v) is 7.99. The van der Waals surface area contributed by atoms with E-state index in [-0.39, 0.29) is 0 Å². The van der Waals surface area contributed by atoms with Crippen molar-refractivity contribution in [2.45, 2.75) is 26.7 Å².